The number of hydrogen-bond acceptors (Lipinski definition) is 6. The number of benzene rings is 1. The van der Waals surface area contributed by atoms with Gasteiger partial charge >= 0.3 is 0 Å². The smallest absolute Gasteiger partial charge is 0.257 e. The Balaban J connectivity index is 1.71. The van der Waals surface area contributed by atoms with Gasteiger partial charge in [0.25, 0.3) is 5.91 Å². The lowest BCUT2D eigenvalue weighted by atomic mass is 9.47. The SMILES string of the molecule is C#CCNC(=O)CC1c2nc(NC(=O)c3cccc(F)c3)sc2CC2C(C)(CO)C(O)CCC12C. The molecule has 2 amide bonds. The molecule has 0 spiro atoms. The molecule has 1 saturated carbocycles. The molecule has 0 saturated heterocycles. The van der Waals surface area contributed by atoms with Crippen LogP contribution >= 0.6 is 11.3 Å². The van der Waals surface area contributed by atoms with E-state index in [1.165, 1.54) is 29.5 Å². The molecule has 186 valence electrons. The minimum Gasteiger partial charge on any atom is -0.396 e. The van der Waals surface area contributed by atoms with Gasteiger partial charge in [-0.2, -0.15) is 0 Å². The Hall–Kier alpha value is -2.80. The standard InChI is InChI=1S/C26H30FN3O4S/c1-4-10-28-21(33)12-17-22-18(13-19-25(17,2)9-8-20(32)26(19,3)14-31)35-24(29-22)30-23(34)15-6-5-7-16(27)11-15/h1,5-7,11,17,19-20,31-32H,8-10,12-14H2,2-3H3,(H,28,33)(H,29,30,34). The predicted molar refractivity (Wildman–Crippen MR) is 131 cm³/mol. The highest BCUT2D eigenvalue weighted by Crippen LogP contribution is 2.62. The number of aromatic nitrogens is 1. The van der Waals surface area contributed by atoms with Gasteiger partial charge in [0.05, 0.1) is 24.9 Å². The molecule has 0 radical (unpaired) electrons. The summed E-state index contributed by atoms with van der Waals surface area (Å²) in [6, 6.07) is 5.41. The highest BCUT2D eigenvalue weighted by atomic mass is 32.1. The van der Waals surface area contributed by atoms with Crippen molar-refractivity contribution in [3.63, 3.8) is 0 Å². The van der Waals surface area contributed by atoms with Gasteiger partial charge in [0.2, 0.25) is 5.91 Å². The Morgan fingerprint density at radius 3 is 2.83 bits per heavy atom. The number of fused-ring (bicyclic) bond motifs is 2. The number of hydrogen-bond donors (Lipinski definition) is 4. The van der Waals surface area contributed by atoms with Gasteiger partial charge in [-0.25, -0.2) is 9.37 Å². The second-order valence-electron chi connectivity index (χ2n) is 10.0. The van der Waals surface area contributed by atoms with E-state index in [1.54, 1.807) is 0 Å². The van der Waals surface area contributed by atoms with E-state index in [1.807, 2.05) is 6.92 Å². The van der Waals surface area contributed by atoms with Gasteiger partial charge in [0.15, 0.2) is 5.13 Å². The molecular weight excluding hydrogens is 469 g/mol. The summed E-state index contributed by atoms with van der Waals surface area (Å²) in [7, 11) is 0. The lowest BCUT2D eigenvalue weighted by Crippen LogP contribution is -2.57. The van der Waals surface area contributed by atoms with Gasteiger partial charge in [-0.3, -0.25) is 14.9 Å². The fourth-order valence-electron chi connectivity index (χ4n) is 5.91. The quantitative estimate of drug-likeness (QED) is 0.457. The van der Waals surface area contributed by atoms with Gasteiger partial charge in [0.1, 0.15) is 5.82 Å². The molecule has 1 heterocycles. The molecule has 9 heteroatoms. The molecule has 1 aromatic heterocycles. The molecule has 5 atom stereocenters. The van der Waals surface area contributed by atoms with Crippen LogP contribution in [0.4, 0.5) is 9.52 Å². The third kappa shape index (κ3) is 4.58. The van der Waals surface area contributed by atoms with E-state index in [0.29, 0.717) is 24.4 Å². The van der Waals surface area contributed by atoms with Crippen LogP contribution in [-0.4, -0.2) is 46.3 Å². The zero-order chi connectivity index (χ0) is 25.4. The molecule has 4 N–H and O–H groups in total. The number of amides is 2. The summed E-state index contributed by atoms with van der Waals surface area (Å²) in [5, 5.41) is 27.0. The van der Waals surface area contributed by atoms with Crippen LogP contribution in [-0.2, 0) is 11.2 Å². The van der Waals surface area contributed by atoms with Crippen molar-refractivity contribution >= 4 is 28.3 Å². The number of terminal acetylenes is 1. The van der Waals surface area contributed by atoms with Crippen molar-refractivity contribution in [3.05, 3.63) is 46.2 Å². The first-order chi connectivity index (χ1) is 16.6. The molecule has 2 aromatic rings. The van der Waals surface area contributed by atoms with Crippen molar-refractivity contribution in [1.29, 1.82) is 0 Å². The number of thiazole rings is 1. The van der Waals surface area contributed by atoms with Gasteiger partial charge < -0.3 is 15.5 Å². The van der Waals surface area contributed by atoms with E-state index >= 15 is 0 Å². The largest absolute Gasteiger partial charge is 0.396 e. The van der Waals surface area contributed by atoms with Crippen molar-refractivity contribution < 1.29 is 24.2 Å². The molecule has 5 unspecified atom stereocenters. The van der Waals surface area contributed by atoms with E-state index in [-0.39, 0.29) is 42.9 Å². The molecule has 1 fully saturated rings. The normalized spacial score (nSPS) is 29.4. The van der Waals surface area contributed by atoms with Gasteiger partial charge in [-0.1, -0.05) is 25.8 Å². The number of halogens is 1. The summed E-state index contributed by atoms with van der Waals surface area (Å²) in [5.74, 6) is 0.838. The minimum absolute atomic E-state index is 0.103. The summed E-state index contributed by atoms with van der Waals surface area (Å²) >= 11 is 1.31. The zero-order valence-corrected chi connectivity index (χ0v) is 20.6. The van der Waals surface area contributed by atoms with Crippen LogP contribution in [0.3, 0.4) is 0 Å². The lowest BCUT2D eigenvalue weighted by molar-refractivity contribution is -0.144. The highest BCUT2D eigenvalue weighted by molar-refractivity contribution is 7.15. The second kappa shape index (κ2) is 9.69. The number of aliphatic hydroxyl groups is 2. The third-order valence-corrected chi connectivity index (χ3v) is 8.99. The fraction of sp³-hybridized carbons (Fsp3) is 0.500. The molecule has 7 nitrogen and oxygen atoms in total. The van der Waals surface area contributed by atoms with E-state index in [4.69, 9.17) is 11.4 Å². The maximum Gasteiger partial charge on any atom is 0.257 e. The predicted octanol–water partition coefficient (Wildman–Crippen LogP) is 3.09. The Morgan fingerprint density at radius 1 is 1.37 bits per heavy atom. The van der Waals surface area contributed by atoms with Crippen LogP contribution in [0.5, 0.6) is 0 Å². The van der Waals surface area contributed by atoms with Crippen molar-refractivity contribution in [3.8, 4) is 12.3 Å². The number of carbonyl (C=O) groups excluding carboxylic acids is 2. The maximum absolute atomic E-state index is 13.6. The number of aliphatic hydroxyl groups excluding tert-OH is 2. The van der Waals surface area contributed by atoms with Crippen molar-refractivity contribution in [1.82, 2.24) is 10.3 Å². The molecular formula is C26H30FN3O4S. The van der Waals surface area contributed by atoms with E-state index < -0.39 is 28.7 Å². The van der Waals surface area contributed by atoms with E-state index in [9.17, 15) is 24.2 Å². The van der Waals surface area contributed by atoms with Crippen LogP contribution in [0, 0.1) is 34.9 Å². The topological polar surface area (TPSA) is 112 Å². The summed E-state index contributed by atoms with van der Waals surface area (Å²) in [6.45, 7) is 3.94. The first-order valence-electron chi connectivity index (χ1n) is 11.7. The Morgan fingerprint density at radius 2 is 2.14 bits per heavy atom. The molecule has 1 aromatic carbocycles. The molecule has 2 aliphatic rings. The maximum atomic E-state index is 13.6. The summed E-state index contributed by atoms with van der Waals surface area (Å²) in [5.41, 5.74) is -0.224. The van der Waals surface area contributed by atoms with Crippen LogP contribution in [0.2, 0.25) is 0 Å². The summed E-state index contributed by atoms with van der Waals surface area (Å²) < 4.78 is 13.6. The summed E-state index contributed by atoms with van der Waals surface area (Å²) in [6.07, 6.45) is 6.53. The number of nitrogens with zero attached hydrogens (tertiary/aromatic N) is 1. The Kier molecular flexibility index (Phi) is 7.00. The van der Waals surface area contributed by atoms with E-state index in [2.05, 4.69) is 23.5 Å². The number of anilines is 1. The number of nitrogens with one attached hydrogen (secondary N) is 2. The van der Waals surface area contributed by atoms with Gasteiger partial charge in [-0.05, 0) is 48.8 Å². The minimum atomic E-state index is -0.743. The van der Waals surface area contributed by atoms with Crippen LogP contribution in [0.25, 0.3) is 0 Å². The number of carbonyl (C=O) groups is 2. The molecule has 35 heavy (non-hydrogen) atoms. The van der Waals surface area contributed by atoms with Crippen LogP contribution in [0.15, 0.2) is 24.3 Å². The Labute approximate surface area is 208 Å². The first-order valence-corrected chi connectivity index (χ1v) is 12.5. The summed E-state index contributed by atoms with van der Waals surface area (Å²) in [4.78, 5) is 31.1. The van der Waals surface area contributed by atoms with E-state index in [0.717, 1.165) is 16.6 Å². The monoisotopic (exact) mass is 499 g/mol. The zero-order valence-electron chi connectivity index (χ0n) is 19.8. The van der Waals surface area contributed by atoms with Crippen molar-refractivity contribution in [2.24, 2.45) is 16.7 Å². The molecule has 4 rings (SSSR count). The van der Waals surface area contributed by atoms with Crippen LogP contribution in [0.1, 0.15) is 60.0 Å². The van der Waals surface area contributed by atoms with Gasteiger partial charge in [-0.15, -0.1) is 17.8 Å². The fourth-order valence-corrected chi connectivity index (χ4v) is 6.97. The number of rotatable bonds is 6. The molecule has 0 bridgehead atoms. The second-order valence-corrected chi connectivity index (χ2v) is 11.1. The highest BCUT2D eigenvalue weighted by Gasteiger charge is 2.59. The average Bonchev–Trinajstić information content (AvgIpc) is 3.23. The third-order valence-electron chi connectivity index (χ3n) is 7.98. The van der Waals surface area contributed by atoms with Gasteiger partial charge in [0, 0.05) is 28.2 Å². The Bertz CT molecular complexity index is 1180. The lowest BCUT2D eigenvalue weighted by Gasteiger charge is -2.58. The van der Waals surface area contributed by atoms with Crippen molar-refractivity contribution in [2.75, 3.05) is 18.5 Å². The molecule has 2 aliphatic carbocycles. The van der Waals surface area contributed by atoms with Crippen LogP contribution < -0.4 is 10.6 Å². The first kappa shape index (κ1) is 25.3. The van der Waals surface area contributed by atoms with Crippen molar-refractivity contribution in [2.45, 2.75) is 51.6 Å². The molecule has 0 aliphatic heterocycles. The average molecular weight is 500 g/mol.